The third kappa shape index (κ3) is 5.43. The number of rotatable bonds is 4. The molecule has 1 aromatic carbocycles. The van der Waals surface area contributed by atoms with Crippen molar-refractivity contribution in [2.45, 2.75) is 13.1 Å². The number of hydrogen-bond donors (Lipinski definition) is 2. The number of thiocarbonyl (C=S) groups is 1. The summed E-state index contributed by atoms with van der Waals surface area (Å²) in [5, 5.41) is 5.14. The molecule has 0 spiro atoms. The third-order valence-electron chi connectivity index (χ3n) is 2.15. The maximum absolute atomic E-state index is 12.5. The number of ether oxygens (including phenoxy) is 1. The van der Waals surface area contributed by atoms with Crippen LogP contribution in [0.5, 0.6) is 0 Å². The van der Waals surface area contributed by atoms with Crippen LogP contribution in [0, 0.1) is 0 Å². The number of alkyl halides is 3. The van der Waals surface area contributed by atoms with Crippen LogP contribution in [0.4, 0.5) is 18.9 Å². The summed E-state index contributed by atoms with van der Waals surface area (Å²) in [4.78, 5) is 11.1. The lowest BCUT2D eigenvalue weighted by atomic mass is 10.2. The van der Waals surface area contributed by atoms with Gasteiger partial charge < -0.3 is 15.4 Å². The number of benzene rings is 1. The molecule has 4 nitrogen and oxygen atoms in total. The van der Waals surface area contributed by atoms with Gasteiger partial charge in [-0.1, -0.05) is 6.07 Å². The molecule has 2 N–H and O–H groups in total. The monoisotopic (exact) mass is 306 g/mol. The van der Waals surface area contributed by atoms with Crippen LogP contribution in [0.25, 0.3) is 0 Å². The van der Waals surface area contributed by atoms with E-state index in [2.05, 4.69) is 15.4 Å². The molecule has 1 rings (SSSR count). The van der Waals surface area contributed by atoms with Crippen molar-refractivity contribution in [2.24, 2.45) is 0 Å². The molecule has 0 aromatic heterocycles. The number of halogens is 3. The Hall–Kier alpha value is -1.83. The summed E-state index contributed by atoms with van der Waals surface area (Å²) < 4.78 is 42.2. The molecule has 0 fully saturated rings. The number of esters is 1. The van der Waals surface area contributed by atoms with E-state index < -0.39 is 17.7 Å². The first kappa shape index (κ1) is 16.2. The first-order chi connectivity index (χ1) is 9.32. The van der Waals surface area contributed by atoms with Crippen molar-refractivity contribution < 1.29 is 22.7 Å². The maximum atomic E-state index is 12.5. The smallest absolute Gasteiger partial charge is 0.416 e. The number of anilines is 1. The van der Waals surface area contributed by atoms with Crippen molar-refractivity contribution in [3.63, 3.8) is 0 Å². The lowest BCUT2D eigenvalue weighted by molar-refractivity contribution is -0.141. The lowest BCUT2D eigenvalue weighted by Gasteiger charge is -2.12. The van der Waals surface area contributed by atoms with Gasteiger partial charge in [-0.2, -0.15) is 13.2 Å². The summed E-state index contributed by atoms with van der Waals surface area (Å²) in [6, 6.07) is 4.59. The molecule has 110 valence electrons. The van der Waals surface area contributed by atoms with Crippen LogP contribution in [-0.2, 0) is 15.7 Å². The van der Waals surface area contributed by atoms with Crippen LogP contribution in [0.15, 0.2) is 24.3 Å². The normalized spacial score (nSPS) is 10.8. The van der Waals surface area contributed by atoms with Crippen molar-refractivity contribution in [2.75, 3.05) is 18.5 Å². The number of hydrogen-bond acceptors (Lipinski definition) is 3. The van der Waals surface area contributed by atoms with Crippen LogP contribution < -0.4 is 10.6 Å². The molecular weight excluding hydrogens is 293 g/mol. The Bertz CT molecular complexity index is 492. The molecule has 0 saturated heterocycles. The Morgan fingerprint density at radius 3 is 2.70 bits per heavy atom. The van der Waals surface area contributed by atoms with Gasteiger partial charge in [-0.05, 0) is 37.3 Å². The van der Waals surface area contributed by atoms with E-state index in [1.165, 1.54) is 12.1 Å². The average Bonchev–Trinajstić information content (AvgIpc) is 2.36. The third-order valence-corrected chi connectivity index (χ3v) is 2.39. The van der Waals surface area contributed by atoms with Crippen LogP contribution in [0.3, 0.4) is 0 Å². The molecule has 0 heterocycles. The van der Waals surface area contributed by atoms with Crippen molar-refractivity contribution >= 4 is 29.0 Å². The predicted molar refractivity (Wildman–Crippen MR) is 72.3 cm³/mol. The zero-order valence-electron chi connectivity index (χ0n) is 10.6. The molecule has 0 aliphatic rings. The van der Waals surface area contributed by atoms with Gasteiger partial charge in [0.05, 0.1) is 12.2 Å². The van der Waals surface area contributed by atoms with Crippen molar-refractivity contribution in [3.8, 4) is 0 Å². The van der Waals surface area contributed by atoms with E-state index in [4.69, 9.17) is 12.2 Å². The Balaban J connectivity index is 2.56. The molecule has 0 atom stereocenters. The lowest BCUT2D eigenvalue weighted by Crippen LogP contribution is -2.33. The molecule has 0 radical (unpaired) electrons. The van der Waals surface area contributed by atoms with Crippen LogP contribution >= 0.6 is 12.2 Å². The van der Waals surface area contributed by atoms with Crippen molar-refractivity contribution in [3.05, 3.63) is 29.8 Å². The molecule has 0 bridgehead atoms. The predicted octanol–water partition coefficient (Wildman–Crippen LogP) is 2.55. The first-order valence-electron chi connectivity index (χ1n) is 5.70. The Labute approximate surface area is 119 Å². The van der Waals surface area contributed by atoms with Crippen LogP contribution in [0.2, 0.25) is 0 Å². The molecule has 0 amide bonds. The Morgan fingerprint density at radius 1 is 1.40 bits per heavy atom. The second-order valence-electron chi connectivity index (χ2n) is 3.69. The van der Waals surface area contributed by atoms with Crippen LogP contribution in [0.1, 0.15) is 12.5 Å². The van der Waals surface area contributed by atoms with Crippen molar-refractivity contribution in [1.82, 2.24) is 5.32 Å². The highest BCUT2D eigenvalue weighted by molar-refractivity contribution is 7.80. The second-order valence-corrected chi connectivity index (χ2v) is 4.10. The molecule has 0 saturated carbocycles. The van der Waals surface area contributed by atoms with Gasteiger partial charge in [-0.3, -0.25) is 4.79 Å². The van der Waals surface area contributed by atoms with E-state index in [0.717, 1.165) is 12.1 Å². The second kappa shape index (κ2) is 7.09. The highest BCUT2D eigenvalue weighted by atomic mass is 32.1. The van der Waals surface area contributed by atoms with Crippen molar-refractivity contribution in [1.29, 1.82) is 0 Å². The fraction of sp³-hybridized carbons (Fsp3) is 0.333. The maximum Gasteiger partial charge on any atom is 0.416 e. The zero-order chi connectivity index (χ0) is 15.2. The van der Waals surface area contributed by atoms with Gasteiger partial charge in [0, 0.05) is 5.69 Å². The summed E-state index contributed by atoms with van der Waals surface area (Å²) in [6.45, 7) is 1.75. The Kier molecular flexibility index (Phi) is 5.75. The number of carbonyl (C=O) groups is 1. The largest absolute Gasteiger partial charge is 0.465 e. The molecule has 20 heavy (non-hydrogen) atoms. The Morgan fingerprint density at radius 2 is 2.10 bits per heavy atom. The number of nitrogens with one attached hydrogen (secondary N) is 2. The summed E-state index contributed by atoms with van der Waals surface area (Å²) in [7, 11) is 0. The van der Waals surface area contributed by atoms with E-state index in [0.29, 0.717) is 0 Å². The highest BCUT2D eigenvalue weighted by Crippen LogP contribution is 2.30. The van der Waals surface area contributed by atoms with Gasteiger partial charge in [-0.25, -0.2) is 0 Å². The molecule has 0 aliphatic carbocycles. The first-order valence-corrected chi connectivity index (χ1v) is 6.11. The average molecular weight is 306 g/mol. The van der Waals surface area contributed by atoms with E-state index in [9.17, 15) is 18.0 Å². The molecule has 0 unspecified atom stereocenters. The summed E-state index contributed by atoms with van der Waals surface area (Å²) in [6.07, 6.45) is -4.42. The van der Waals surface area contributed by atoms with Gasteiger partial charge in [0.25, 0.3) is 0 Å². The molecule has 0 aliphatic heterocycles. The topological polar surface area (TPSA) is 50.4 Å². The van der Waals surface area contributed by atoms with E-state index in [1.807, 2.05) is 0 Å². The minimum absolute atomic E-state index is 0.0392. The zero-order valence-corrected chi connectivity index (χ0v) is 11.4. The molecule has 1 aromatic rings. The summed E-state index contributed by atoms with van der Waals surface area (Å²) in [5.41, 5.74) is -0.600. The van der Waals surface area contributed by atoms with E-state index >= 15 is 0 Å². The fourth-order valence-corrected chi connectivity index (χ4v) is 1.50. The van der Waals surface area contributed by atoms with Gasteiger partial charge in [0.15, 0.2) is 5.11 Å². The summed E-state index contributed by atoms with van der Waals surface area (Å²) in [5.74, 6) is -0.499. The fourth-order valence-electron chi connectivity index (χ4n) is 1.31. The van der Waals surface area contributed by atoms with Gasteiger partial charge >= 0.3 is 12.1 Å². The van der Waals surface area contributed by atoms with Gasteiger partial charge in [0.1, 0.15) is 6.54 Å². The SMILES string of the molecule is CCOC(=O)CNC(=S)Nc1cccc(C(F)(F)F)c1. The standard InChI is InChI=1S/C12H13F3N2O2S/c1-2-19-10(18)7-16-11(20)17-9-5-3-4-8(6-9)12(13,14)15/h3-6H,2,7H2,1H3,(H2,16,17,20). The van der Waals surface area contributed by atoms with Gasteiger partial charge in [0.2, 0.25) is 0 Å². The van der Waals surface area contributed by atoms with E-state index in [-0.39, 0.29) is 24.0 Å². The molecular formula is C12H13F3N2O2S. The highest BCUT2D eigenvalue weighted by Gasteiger charge is 2.30. The van der Waals surface area contributed by atoms with Crippen LogP contribution in [-0.4, -0.2) is 24.2 Å². The molecule has 8 heteroatoms. The quantitative estimate of drug-likeness (QED) is 0.661. The summed E-state index contributed by atoms with van der Waals surface area (Å²) >= 11 is 4.86. The number of carbonyl (C=O) groups excluding carboxylic acids is 1. The minimum atomic E-state index is -4.42. The van der Waals surface area contributed by atoms with E-state index in [1.54, 1.807) is 6.92 Å². The minimum Gasteiger partial charge on any atom is -0.465 e. The van der Waals surface area contributed by atoms with Gasteiger partial charge in [-0.15, -0.1) is 0 Å².